The van der Waals surface area contributed by atoms with Gasteiger partial charge in [-0.2, -0.15) is 0 Å². The lowest BCUT2D eigenvalue weighted by Gasteiger charge is -2.13. The molecule has 4 N–H and O–H groups in total. The Morgan fingerprint density at radius 1 is 1.03 bits per heavy atom. The van der Waals surface area contributed by atoms with Gasteiger partial charge in [-0.15, -0.1) is 0 Å². The minimum Gasteiger partial charge on any atom is -0.484 e. The quantitative estimate of drug-likeness (QED) is 0.457. The third kappa shape index (κ3) is 7.17. The monoisotopic (exact) mass is 397 g/mol. The van der Waals surface area contributed by atoms with E-state index in [-0.39, 0.29) is 12.5 Å². The van der Waals surface area contributed by atoms with Gasteiger partial charge in [0.2, 0.25) is 0 Å². The van der Waals surface area contributed by atoms with Gasteiger partial charge in [-0.25, -0.2) is 0 Å². The maximum atomic E-state index is 11.9. The Hall–Kier alpha value is -3.55. The predicted octanol–water partition coefficient (Wildman–Crippen LogP) is 1.12. The van der Waals surface area contributed by atoms with E-state index in [2.05, 4.69) is 15.6 Å². The van der Waals surface area contributed by atoms with Crippen LogP contribution in [0.1, 0.15) is 21.5 Å². The maximum Gasteiger partial charge on any atom is 0.255 e. The number of nitrogens with two attached hydrogens (primary N) is 1. The highest BCUT2D eigenvalue weighted by Gasteiger charge is 2.07. The topological polar surface area (TPSA) is 109 Å². The molecule has 8 heteroatoms. The molecular weight excluding hydrogens is 370 g/mol. The maximum absolute atomic E-state index is 11.9. The van der Waals surface area contributed by atoms with Crippen LogP contribution in [0.4, 0.5) is 0 Å². The van der Waals surface area contributed by atoms with Crippen molar-refractivity contribution >= 4 is 17.8 Å². The zero-order valence-corrected chi connectivity index (χ0v) is 16.9. The molecule has 0 atom stereocenters. The number of nitrogens with one attached hydrogen (secondary N) is 2. The highest BCUT2D eigenvalue weighted by Crippen LogP contribution is 2.13. The number of carbonyl (C=O) groups is 2. The SMILES string of the molecule is CN=C(NCc1ccc(C(=O)N(C)C)cc1)NCc1cccc(OCC(N)=O)c1. The van der Waals surface area contributed by atoms with E-state index in [1.54, 1.807) is 32.1 Å². The minimum absolute atomic E-state index is 0.0241. The van der Waals surface area contributed by atoms with Crippen molar-refractivity contribution in [2.45, 2.75) is 13.1 Å². The van der Waals surface area contributed by atoms with Gasteiger partial charge in [0.05, 0.1) is 0 Å². The first-order chi connectivity index (χ1) is 13.9. The minimum atomic E-state index is -0.516. The molecule has 8 nitrogen and oxygen atoms in total. The van der Waals surface area contributed by atoms with Gasteiger partial charge in [0, 0.05) is 39.8 Å². The van der Waals surface area contributed by atoms with Gasteiger partial charge in [-0.05, 0) is 35.4 Å². The molecule has 0 aliphatic carbocycles. The summed E-state index contributed by atoms with van der Waals surface area (Å²) in [5.41, 5.74) is 7.75. The Labute approximate surface area is 170 Å². The summed E-state index contributed by atoms with van der Waals surface area (Å²) in [6, 6.07) is 14.8. The number of primary amides is 1. The van der Waals surface area contributed by atoms with Gasteiger partial charge in [0.1, 0.15) is 5.75 Å². The van der Waals surface area contributed by atoms with Crippen LogP contribution in [0, 0.1) is 0 Å². The number of rotatable bonds is 8. The van der Waals surface area contributed by atoms with Gasteiger partial charge in [0.25, 0.3) is 11.8 Å². The number of ether oxygens (including phenoxy) is 1. The molecule has 0 heterocycles. The Kier molecular flexibility index (Phi) is 8.02. The summed E-state index contributed by atoms with van der Waals surface area (Å²) in [7, 11) is 5.15. The van der Waals surface area contributed by atoms with E-state index in [0.29, 0.717) is 30.4 Å². The summed E-state index contributed by atoms with van der Waals surface area (Å²) in [5.74, 6) is 0.682. The van der Waals surface area contributed by atoms with Crippen molar-refractivity contribution in [3.05, 3.63) is 65.2 Å². The van der Waals surface area contributed by atoms with Crippen LogP contribution in [0.15, 0.2) is 53.5 Å². The predicted molar refractivity (Wildman–Crippen MR) is 113 cm³/mol. The molecule has 0 bridgehead atoms. The zero-order valence-electron chi connectivity index (χ0n) is 16.9. The van der Waals surface area contributed by atoms with E-state index < -0.39 is 5.91 Å². The fourth-order valence-electron chi connectivity index (χ4n) is 2.52. The lowest BCUT2D eigenvalue weighted by atomic mass is 10.1. The van der Waals surface area contributed by atoms with Crippen LogP contribution in [-0.2, 0) is 17.9 Å². The zero-order chi connectivity index (χ0) is 21.2. The molecule has 0 aliphatic heterocycles. The number of benzene rings is 2. The summed E-state index contributed by atoms with van der Waals surface area (Å²) in [6.07, 6.45) is 0. The standard InChI is InChI=1S/C21H27N5O3/c1-23-21(24-12-15-7-9-17(10-8-15)20(28)26(2)3)25-13-16-5-4-6-18(11-16)29-14-19(22)27/h4-11H,12-14H2,1-3H3,(H2,22,27)(H2,23,24,25). The number of amides is 2. The molecule has 2 aromatic carbocycles. The number of hydrogen-bond acceptors (Lipinski definition) is 4. The Morgan fingerprint density at radius 2 is 1.69 bits per heavy atom. The molecule has 154 valence electrons. The van der Waals surface area contributed by atoms with Gasteiger partial charge in [0.15, 0.2) is 12.6 Å². The third-order valence-corrected chi connectivity index (χ3v) is 4.03. The molecule has 0 saturated heterocycles. The Bertz CT molecular complexity index is 863. The molecule has 0 aliphatic rings. The van der Waals surface area contributed by atoms with Gasteiger partial charge >= 0.3 is 0 Å². The van der Waals surface area contributed by atoms with Crippen molar-refractivity contribution in [1.82, 2.24) is 15.5 Å². The van der Waals surface area contributed by atoms with Crippen molar-refractivity contribution < 1.29 is 14.3 Å². The number of carbonyl (C=O) groups excluding carboxylic acids is 2. The van der Waals surface area contributed by atoms with E-state index in [1.165, 1.54) is 0 Å². The van der Waals surface area contributed by atoms with Gasteiger partial charge in [-0.1, -0.05) is 24.3 Å². The van der Waals surface area contributed by atoms with Crippen molar-refractivity contribution in [1.29, 1.82) is 0 Å². The van der Waals surface area contributed by atoms with E-state index in [1.807, 2.05) is 42.5 Å². The highest BCUT2D eigenvalue weighted by molar-refractivity contribution is 5.93. The molecule has 0 saturated carbocycles. The fourth-order valence-corrected chi connectivity index (χ4v) is 2.52. The number of hydrogen-bond donors (Lipinski definition) is 3. The smallest absolute Gasteiger partial charge is 0.255 e. The molecule has 0 spiro atoms. The molecule has 29 heavy (non-hydrogen) atoms. The second-order valence-electron chi connectivity index (χ2n) is 6.58. The molecular formula is C21H27N5O3. The number of aliphatic imine (C=N–C) groups is 1. The molecule has 2 rings (SSSR count). The molecule has 0 radical (unpaired) electrons. The van der Waals surface area contributed by atoms with E-state index in [0.717, 1.165) is 11.1 Å². The average molecular weight is 397 g/mol. The summed E-state index contributed by atoms with van der Waals surface area (Å²) >= 11 is 0. The largest absolute Gasteiger partial charge is 0.484 e. The first kappa shape index (κ1) is 21.7. The van der Waals surface area contributed by atoms with Crippen molar-refractivity contribution in [2.24, 2.45) is 10.7 Å². The van der Waals surface area contributed by atoms with Crippen molar-refractivity contribution in [3.63, 3.8) is 0 Å². The van der Waals surface area contributed by atoms with E-state index in [4.69, 9.17) is 10.5 Å². The summed E-state index contributed by atoms with van der Waals surface area (Å²) < 4.78 is 5.31. The molecule has 2 amide bonds. The second-order valence-corrected chi connectivity index (χ2v) is 6.58. The highest BCUT2D eigenvalue weighted by atomic mass is 16.5. The average Bonchev–Trinajstić information content (AvgIpc) is 2.72. The second kappa shape index (κ2) is 10.7. The summed E-state index contributed by atoms with van der Waals surface area (Å²) in [4.78, 5) is 28.5. The van der Waals surface area contributed by atoms with Gasteiger partial charge in [-0.3, -0.25) is 14.6 Å². The van der Waals surface area contributed by atoms with Gasteiger partial charge < -0.3 is 26.0 Å². The van der Waals surface area contributed by atoms with Crippen LogP contribution in [0.5, 0.6) is 5.75 Å². The third-order valence-electron chi connectivity index (χ3n) is 4.03. The van der Waals surface area contributed by atoms with Crippen LogP contribution in [0.2, 0.25) is 0 Å². The first-order valence-electron chi connectivity index (χ1n) is 9.14. The van der Waals surface area contributed by atoms with Crippen LogP contribution < -0.4 is 21.1 Å². The first-order valence-corrected chi connectivity index (χ1v) is 9.14. The van der Waals surface area contributed by atoms with Crippen LogP contribution in [-0.4, -0.2) is 50.4 Å². The van der Waals surface area contributed by atoms with Crippen LogP contribution in [0.25, 0.3) is 0 Å². The van der Waals surface area contributed by atoms with Crippen molar-refractivity contribution in [2.75, 3.05) is 27.7 Å². The van der Waals surface area contributed by atoms with E-state index in [9.17, 15) is 9.59 Å². The van der Waals surface area contributed by atoms with Crippen LogP contribution >= 0.6 is 0 Å². The molecule has 0 unspecified atom stereocenters. The number of guanidine groups is 1. The number of nitrogens with zero attached hydrogens (tertiary/aromatic N) is 2. The Balaban J connectivity index is 1.86. The van der Waals surface area contributed by atoms with Crippen molar-refractivity contribution in [3.8, 4) is 5.75 Å². The fraction of sp³-hybridized carbons (Fsp3) is 0.286. The summed E-state index contributed by atoms with van der Waals surface area (Å²) in [5, 5.41) is 6.46. The van der Waals surface area contributed by atoms with Crippen LogP contribution in [0.3, 0.4) is 0 Å². The normalized spacial score (nSPS) is 10.9. The molecule has 0 aromatic heterocycles. The van der Waals surface area contributed by atoms with E-state index >= 15 is 0 Å². The lowest BCUT2D eigenvalue weighted by Crippen LogP contribution is -2.36. The summed E-state index contributed by atoms with van der Waals surface area (Å²) in [6.45, 7) is 0.945. The Morgan fingerprint density at radius 3 is 2.28 bits per heavy atom. The molecule has 2 aromatic rings. The molecule has 0 fully saturated rings. The lowest BCUT2D eigenvalue weighted by molar-refractivity contribution is -0.119.